The second-order valence-electron chi connectivity index (χ2n) is 20.9. The number of amides is 2. The highest BCUT2D eigenvalue weighted by Crippen LogP contribution is 2.39. The average Bonchev–Trinajstić information content (AvgIpc) is 4.06. The van der Waals surface area contributed by atoms with Gasteiger partial charge in [0, 0.05) is 61.5 Å². The van der Waals surface area contributed by atoms with Gasteiger partial charge in [0.2, 0.25) is 11.8 Å². The number of ether oxygens (including phenoxy) is 6. The number of aromatic nitrogens is 4. The van der Waals surface area contributed by atoms with Crippen LogP contribution >= 0.6 is 0 Å². The van der Waals surface area contributed by atoms with Crippen LogP contribution in [0.25, 0.3) is 10.9 Å². The Morgan fingerprint density at radius 1 is 0.842 bits per heavy atom. The predicted molar refractivity (Wildman–Crippen MR) is 271 cm³/mol. The monoisotopic (exact) mass is 1060 g/mol. The van der Waals surface area contributed by atoms with Crippen LogP contribution in [0.4, 0.5) is 5.69 Å². The van der Waals surface area contributed by atoms with E-state index in [1.807, 2.05) is 43.6 Å². The van der Waals surface area contributed by atoms with Crippen molar-refractivity contribution in [2.75, 3.05) is 18.5 Å². The molecule has 0 bridgehead atoms. The normalized spacial score (nSPS) is 30.6. The van der Waals surface area contributed by atoms with Gasteiger partial charge in [-0.05, 0) is 93.7 Å². The number of rotatable bonds is 22. The van der Waals surface area contributed by atoms with Gasteiger partial charge < -0.3 is 74.3 Å². The lowest BCUT2D eigenvalue weighted by atomic mass is 9.77. The van der Waals surface area contributed by atoms with Gasteiger partial charge in [-0.25, -0.2) is 9.59 Å². The number of hydrogen-bond acceptors (Lipinski definition) is 17. The number of nitrogens with one attached hydrogen (secondary N) is 2. The Morgan fingerprint density at radius 3 is 2.36 bits per heavy atom. The molecule has 2 aromatic heterocycles. The standard InChI is InChI=1S/C54H74N6O16/c1-30-24-36(50(67)55-20-10-16-38-28-60(58-57-38)22-11-21-59-23-19-35-26-37(56-32(3)62)17-18-39(35)59)27-40(47(30)76-53-46(66)45(65)43(63)31(2)71-53)73-54-49(75-52(70)34-14-8-5-9-15-34)48(44(64)42(29-61)74-54)72-41(51(68)69)25-33-12-6-4-7-13-33/h5,8-9,14-15,17-19,23,26,28,30-31,33,36,40-49,53-54,61,63-66H,4,6-7,10-13,16,20-22,24-25,27,29H2,1-3H3,(H,55,67)(H,56,62)(H,68,69)/t30-,31-,36+,40+,41-,42+,43+,44-,45+,46-,47+,48-,49+,53-,54+/m0/s1. The Morgan fingerprint density at radius 2 is 1.62 bits per heavy atom. The summed E-state index contributed by atoms with van der Waals surface area (Å²) in [6.45, 7) is 5.72. The molecule has 4 aliphatic rings. The van der Waals surface area contributed by atoms with Gasteiger partial charge in [-0.2, -0.15) is 0 Å². The van der Waals surface area contributed by atoms with E-state index in [1.54, 1.807) is 22.9 Å². The zero-order chi connectivity index (χ0) is 54.0. The first kappa shape index (κ1) is 56.8. The molecular formula is C54H74N6O16. The van der Waals surface area contributed by atoms with E-state index in [1.165, 1.54) is 26.0 Å². The number of carboxylic acids is 1. The Bertz CT molecular complexity index is 2540. The summed E-state index contributed by atoms with van der Waals surface area (Å²) < 4.78 is 41.5. The molecule has 2 amide bonds. The first-order valence-electron chi connectivity index (χ1n) is 26.7. The first-order valence-corrected chi connectivity index (χ1v) is 26.7. The Labute approximate surface area is 440 Å². The summed E-state index contributed by atoms with van der Waals surface area (Å²) >= 11 is 0. The highest BCUT2D eigenvalue weighted by molar-refractivity contribution is 5.92. The van der Waals surface area contributed by atoms with Gasteiger partial charge in [0.1, 0.15) is 36.6 Å². The number of carbonyl (C=O) groups is 4. The van der Waals surface area contributed by atoms with Gasteiger partial charge >= 0.3 is 11.9 Å². The van der Waals surface area contributed by atoms with Gasteiger partial charge in [0.05, 0.1) is 36.2 Å². The summed E-state index contributed by atoms with van der Waals surface area (Å²) in [5.41, 5.74) is 2.69. The van der Waals surface area contributed by atoms with Crippen LogP contribution in [0.3, 0.4) is 0 Å². The molecule has 4 fully saturated rings. The molecule has 2 aromatic carbocycles. The number of carboxylic acid groups (broad SMARTS) is 1. The maximum absolute atomic E-state index is 14.1. The van der Waals surface area contributed by atoms with Crippen LogP contribution in [0, 0.1) is 17.8 Å². The van der Waals surface area contributed by atoms with Gasteiger partial charge in [-0.1, -0.05) is 62.4 Å². The molecule has 416 valence electrons. The number of aliphatic hydroxyl groups is 5. The number of aryl methyl sites for hydroxylation is 3. The van der Waals surface area contributed by atoms with Crippen molar-refractivity contribution in [1.82, 2.24) is 24.9 Å². The molecule has 0 radical (unpaired) electrons. The molecule has 4 heterocycles. The van der Waals surface area contributed by atoms with E-state index < -0.39 is 110 Å². The fourth-order valence-electron chi connectivity index (χ4n) is 11.1. The van der Waals surface area contributed by atoms with Gasteiger partial charge in [0.25, 0.3) is 0 Å². The van der Waals surface area contributed by atoms with Crippen molar-refractivity contribution in [3.05, 3.63) is 78.2 Å². The summed E-state index contributed by atoms with van der Waals surface area (Å²) in [5, 5.41) is 80.6. The number of hydrogen-bond donors (Lipinski definition) is 8. The van der Waals surface area contributed by atoms with Crippen molar-refractivity contribution in [1.29, 1.82) is 0 Å². The molecule has 22 nitrogen and oxygen atoms in total. The van der Waals surface area contributed by atoms with Crippen LogP contribution in [0.2, 0.25) is 0 Å². The molecule has 2 aliphatic carbocycles. The molecule has 0 spiro atoms. The summed E-state index contributed by atoms with van der Waals surface area (Å²) in [6, 6.07) is 15.8. The summed E-state index contributed by atoms with van der Waals surface area (Å²) in [7, 11) is 0. The fourth-order valence-corrected chi connectivity index (χ4v) is 11.1. The lowest BCUT2D eigenvalue weighted by molar-refractivity contribution is -0.349. The molecule has 22 heteroatoms. The summed E-state index contributed by atoms with van der Waals surface area (Å²) in [5.74, 6) is -3.73. The van der Waals surface area contributed by atoms with E-state index in [9.17, 15) is 49.8 Å². The molecule has 15 atom stereocenters. The number of aliphatic carboxylic acids is 1. The van der Waals surface area contributed by atoms with E-state index in [0.717, 1.165) is 67.4 Å². The quantitative estimate of drug-likeness (QED) is 0.0414. The number of anilines is 1. The Hall–Kier alpha value is -5.40. The van der Waals surface area contributed by atoms with Crippen LogP contribution < -0.4 is 10.6 Å². The topological polar surface area (TPSA) is 305 Å². The largest absolute Gasteiger partial charge is 0.479 e. The zero-order valence-corrected chi connectivity index (χ0v) is 43.2. The lowest BCUT2D eigenvalue weighted by Crippen LogP contribution is -2.64. The van der Waals surface area contributed by atoms with E-state index in [2.05, 4.69) is 25.5 Å². The Balaban J connectivity index is 0.951. The predicted octanol–water partition coefficient (Wildman–Crippen LogP) is 3.09. The highest BCUT2D eigenvalue weighted by atomic mass is 16.7. The van der Waals surface area contributed by atoms with Gasteiger partial charge in [-0.3, -0.25) is 14.3 Å². The second-order valence-corrected chi connectivity index (χ2v) is 20.9. The maximum Gasteiger partial charge on any atom is 0.338 e. The molecule has 76 heavy (non-hydrogen) atoms. The highest BCUT2D eigenvalue weighted by Gasteiger charge is 2.54. The van der Waals surface area contributed by atoms with Gasteiger partial charge in [0.15, 0.2) is 24.8 Å². The van der Waals surface area contributed by atoms with Crippen LogP contribution in [-0.4, -0.2) is 167 Å². The second kappa shape index (κ2) is 26.3. The number of nitrogens with zero attached hydrogens (tertiary/aromatic N) is 4. The van der Waals surface area contributed by atoms with Crippen LogP contribution in [0.1, 0.15) is 101 Å². The smallest absolute Gasteiger partial charge is 0.338 e. The van der Waals surface area contributed by atoms with Crippen LogP contribution in [0.15, 0.2) is 67.0 Å². The maximum atomic E-state index is 14.1. The molecule has 2 aliphatic heterocycles. The molecular weight excluding hydrogens is 989 g/mol. The van der Waals surface area contributed by atoms with Crippen molar-refractivity contribution in [3.8, 4) is 0 Å². The average molecular weight is 1060 g/mol. The van der Waals surface area contributed by atoms with E-state index in [0.29, 0.717) is 25.9 Å². The van der Waals surface area contributed by atoms with Crippen molar-refractivity contribution < 1.29 is 78.2 Å². The number of aliphatic hydroxyl groups excluding tert-OH is 5. The van der Waals surface area contributed by atoms with E-state index >= 15 is 0 Å². The van der Waals surface area contributed by atoms with Crippen molar-refractivity contribution >= 4 is 40.3 Å². The van der Waals surface area contributed by atoms with E-state index in [-0.39, 0.29) is 42.6 Å². The SMILES string of the molecule is CC(=O)Nc1ccc2c(ccn2CCCn2cc(CCCNC(=O)[C@@H]3C[C@H](C)[C@@H](O[C@@H]4O[C@@H](C)[C@@H](O)[C@@H](O)[C@@H]4O)[C@H](O[C@@H]4O[C@H](CO)[C@H](O)[C@H](O[C@@H](CC5CCCCC5)C(=O)O)[C@H]4OC(=O)c4ccccc4)C3)nn2)c1. The number of carbonyl (C=O) groups excluding carboxylic acids is 3. The van der Waals surface area contributed by atoms with Crippen LogP contribution in [-0.2, 0) is 62.3 Å². The van der Waals surface area contributed by atoms with Crippen molar-refractivity contribution in [2.45, 2.75) is 184 Å². The third-order valence-corrected chi connectivity index (χ3v) is 15.2. The summed E-state index contributed by atoms with van der Waals surface area (Å²) in [6.07, 6.45) is -7.99. The molecule has 0 unspecified atom stereocenters. The minimum absolute atomic E-state index is 0.0217. The molecule has 2 saturated carbocycles. The number of esters is 1. The zero-order valence-electron chi connectivity index (χ0n) is 43.2. The Kier molecular flexibility index (Phi) is 19.7. The van der Waals surface area contributed by atoms with Gasteiger partial charge in [-0.15, -0.1) is 5.10 Å². The molecule has 8 rings (SSSR count). The van der Waals surface area contributed by atoms with E-state index in [4.69, 9.17) is 28.4 Å². The first-order chi connectivity index (χ1) is 36.6. The number of fused-ring (bicyclic) bond motifs is 1. The van der Waals surface area contributed by atoms with Crippen molar-refractivity contribution in [2.24, 2.45) is 17.8 Å². The lowest BCUT2D eigenvalue weighted by Gasteiger charge is -2.48. The van der Waals surface area contributed by atoms with Crippen LogP contribution in [0.5, 0.6) is 0 Å². The minimum atomic E-state index is -1.70. The molecule has 2 saturated heterocycles. The molecule has 8 N–H and O–H groups in total. The minimum Gasteiger partial charge on any atom is -0.479 e. The fraction of sp³-hybridized carbons (Fsp3) is 0.630. The third kappa shape index (κ3) is 14.2. The summed E-state index contributed by atoms with van der Waals surface area (Å²) in [4.78, 5) is 52.3. The number of benzene rings is 2. The van der Waals surface area contributed by atoms with Crippen molar-refractivity contribution in [3.63, 3.8) is 0 Å². The molecule has 4 aromatic rings. The third-order valence-electron chi connectivity index (χ3n) is 15.2.